The molecule has 1 aromatic carbocycles. The maximum absolute atomic E-state index is 13.0. The largest absolute Gasteiger partial charge is 0.360 e. The average molecular weight is 475 g/mol. The molecule has 1 aromatic heterocycles. The fourth-order valence-corrected chi connectivity index (χ4v) is 6.51. The maximum Gasteiger partial charge on any atom is 0.248 e. The van der Waals surface area contributed by atoms with E-state index in [2.05, 4.69) is 34.4 Å². The Morgan fingerprint density at radius 2 is 1.70 bits per heavy atom. The lowest BCUT2D eigenvalue weighted by Crippen LogP contribution is -2.41. The second kappa shape index (κ2) is 9.95. The highest BCUT2D eigenvalue weighted by atomic mass is 32.2. The zero-order valence-corrected chi connectivity index (χ0v) is 20.5. The van der Waals surface area contributed by atoms with Gasteiger partial charge in [-0.15, -0.1) is 0 Å². The molecule has 4 rings (SSSR count). The van der Waals surface area contributed by atoms with Gasteiger partial charge in [-0.25, -0.2) is 8.42 Å². The van der Waals surface area contributed by atoms with Gasteiger partial charge in [-0.1, -0.05) is 24.2 Å². The van der Waals surface area contributed by atoms with E-state index >= 15 is 0 Å². The van der Waals surface area contributed by atoms with Crippen molar-refractivity contribution in [1.82, 2.24) is 14.4 Å². The number of hydrogen-bond donors (Lipinski definition) is 1. The highest BCUT2D eigenvalue weighted by Gasteiger charge is 2.35. The molecule has 33 heavy (non-hydrogen) atoms. The highest BCUT2D eigenvalue weighted by molar-refractivity contribution is 7.89. The lowest BCUT2D eigenvalue weighted by Gasteiger charge is -2.30. The van der Waals surface area contributed by atoms with Crippen LogP contribution in [0.4, 0.5) is 5.69 Å². The number of piperidine rings is 2. The van der Waals surface area contributed by atoms with Crippen LogP contribution >= 0.6 is 0 Å². The van der Waals surface area contributed by atoms with Gasteiger partial charge in [0.25, 0.3) is 0 Å². The number of aromatic nitrogens is 1. The molecule has 1 amide bonds. The van der Waals surface area contributed by atoms with Crippen LogP contribution < -0.4 is 5.32 Å². The molecule has 2 aliphatic rings. The third kappa shape index (κ3) is 5.47. The minimum Gasteiger partial charge on any atom is -0.360 e. The Balaban J connectivity index is 1.28. The molecular formula is C24H34N4O4S. The maximum atomic E-state index is 13.0. The number of likely N-dealkylation sites (tertiary alicyclic amines) is 1. The monoisotopic (exact) mass is 474 g/mol. The number of anilines is 1. The summed E-state index contributed by atoms with van der Waals surface area (Å²) in [7, 11) is -3.67. The SMILES string of the molecule is Cc1noc(C)c1S(=O)(=O)N1CCC(C(=O)Nc2ccc(CN3CCC(C)CC3)cc2)CC1. The standard InChI is InChI=1S/C24H34N4O4S/c1-17-8-12-27(13-9-17)16-20-4-6-22(7-5-20)25-24(29)21-10-14-28(15-11-21)33(30,31)23-18(2)26-32-19(23)3/h4-7,17,21H,8-16H2,1-3H3,(H,25,29). The van der Waals surface area contributed by atoms with E-state index in [1.165, 1.54) is 22.7 Å². The van der Waals surface area contributed by atoms with E-state index in [-0.39, 0.29) is 16.7 Å². The van der Waals surface area contributed by atoms with E-state index in [1.54, 1.807) is 13.8 Å². The number of nitrogens with zero attached hydrogens (tertiary/aromatic N) is 3. The fourth-order valence-electron chi connectivity index (χ4n) is 4.75. The van der Waals surface area contributed by atoms with Gasteiger partial charge in [0.1, 0.15) is 10.6 Å². The molecule has 2 aromatic rings. The number of hydrogen-bond acceptors (Lipinski definition) is 6. The summed E-state index contributed by atoms with van der Waals surface area (Å²) in [6.07, 6.45) is 3.48. The normalized spacial score (nSPS) is 19.6. The minimum absolute atomic E-state index is 0.0536. The first-order chi connectivity index (χ1) is 15.7. The van der Waals surface area contributed by atoms with E-state index in [0.29, 0.717) is 37.4 Å². The average Bonchev–Trinajstić information content (AvgIpc) is 3.15. The summed E-state index contributed by atoms with van der Waals surface area (Å²) in [5.74, 6) is 0.852. The van der Waals surface area contributed by atoms with Gasteiger partial charge in [0, 0.05) is 31.2 Å². The second-order valence-electron chi connectivity index (χ2n) is 9.48. The smallest absolute Gasteiger partial charge is 0.248 e. The summed E-state index contributed by atoms with van der Waals surface area (Å²) in [4.78, 5) is 15.4. The first-order valence-corrected chi connectivity index (χ1v) is 13.2. The van der Waals surface area contributed by atoms with E-state index in [1.807, 2.05) is 12.1 Å². The molecule has 1 N–H and O–H groups in total. The van der Waals surface area contributed by atoms with Crippen LogP contribution in [-0.2, 0) is 21.4 Å². The van der Waals surface area contributed by atoms with Crippen LogP contribution in [0.25, 0.3) is 0 Å². The lowest BCUT2D eigenvalue weighted by atomic mass is 9.97. The van der Waals surface area contributed by atoms with Crippen LogP contribution in [0.15, 0.2) is 33.7 Å². The van der Waals surface area contributed by atoms with Gasteiger partial charge < -0.3 is 9.84 Å². The molecule has 2 aliphatic heterocycles. The van der Waals surface area contributed by atoms with Crippen molar-refractivity contribution in [2.45, 2.75) is 57.9 Å². The van der Waals surface area contributed by atoms with Crippen LogP contribution in [0.3, 0.4) is 0 Å². The van der Waals surface area contributed by atoms with Gasteiger partial charge in [0.05, 0.1) is 0 Å². The number of benzene rings is 1. The number of carbonyl (C=O) groups is 1. The summed E-state index contributed by atoms with van der Waals surface area (Å²) < 4.78 is 32.4. The number of sulfonamides is 1. The summed E-state index contributed by atoms with van der Waals surface area (Å²) in [6, 6.07) is 8.06. The van der Waals surface area contributed by atoms with E-state index < -0.39 is 10.0 Å². The van der Waals surface area contributed by atoms with Gasteiger partial charge in [-0.05, 0) is 76.2 Å². The van der Waals surface area contributed by atoms with E-state index in [0.717, 1.165) is 31.2 Å². The quantitative estimate of drug-likeness (QED) is 0.688. The third-order valence-electron chi connectivity index (χ3n) is 6.89. The Labute approximate surface area is 196 Å². The molecule has 0 atom stereocenters. The molecule has 9 heteroatoms. The van der Waals surface area contributed by atoms with Gasteiger partial charge in [0.15, 0.2) is 5.76 Å². The predicted octanol–water partition coefficient (Wildman–Crippen LogP) is 3.56. The van der Waals surface area contributed by atoms with E-state index in [4.69, 9.17) is 4.52 Å². The van der Waals surface area contributed by atoms with E-state index in [9.17, 15) is 13.2 Å². The van der Waals surface area contributed by atoms with Crippen molar-refractivity contribution < 1.29 is 17.7 Å². The first-order valence-electron chi connectivity index (χ1n) is 11.8. The predicted molar refractivity (Wildman–Crippen MR) is 126 cm³/mol. The molecule has 0 saturated carbocycles. The lowest BCUT2D eigenvalue weighted by molar-refractivity contribution is -0.120. The van der Waals surface area contributed by atoms with Gasteiger partial charge in [-0.3, -0.25) is 9.69 Å². The van der Waals surface area contributed by atoms with Crippen molar-refractivity contribution in [3.05, 3.63) is 41.3 Å². The van der Waals surface area contributed by atoms with Crippen LogP contribution in [0.2, 0.25) is 0 Å². The summed E-state index contributed by atoms with van der Waals surface area (Å²) in [6.45, 7) is 9.38. The summed E-state index contributed by atoms with van der Waals surface area (Å²) >= 11 is 0. The molecular weight excluding hydrogens is 440 g/mol. The number of rotatable bonds is 6. The first kappa shape index (κ1) is 23.9. The Morgan fingerprint density at radius 1 is 1.06 bits per heavy atom. The molecule has 0 aliphatic carbocycles. The topological polar surface area (TPSA) is 95.8 Å². The zero-order chi connectivity index (χ0) is 23.6. The number of nitrogens with one attached hydrogen (secondary N) is 1. The second-order valence-corrected chi connectivity index (χ2v) is 11.4. The van der Waals surface area contributed by atoms with Crippen molar-refractivity contribution >= 4 is 21.6 Å². The van der Waals surface area contributed by atoms with Crippen LogP contribution in [0, 0.1) is 25.7 Å². The molecule has 180 valence electrons. The van der Waals surface area contributed by atoms with Crippen molar-refractivity contribution in [2.75, 3.05) is 31.5 Å². The fraction of sp³-hybridized carbons (Fsp3) is 0.583. The molecule has 2 saturated heterocycles. The van der Waals surface area contributed by atoms with Gasteiger partial charge in [0.2, 0.25) is 15.9 Å². The van der Waals surface area contributed by atoms with Gasteiger partial charge in [-0.2, -0.15) is 4.31 Å². The van der Waals surface area contributed by atoms with Crippen molar-refractivity contribution in [2.24, 2.45) is 11.8 Å². The van der Waals surface area contributed by atoms with Crippen molar-refractivity contribution in [3.8, 4) is 0 Å². The number of carbonyl (C=O) groups excluding carboxylic acids is 1. The van der Waals surface area contributed by atoms with Crippen LogP contribution in [0.5, 0.6) is 0 Å². The summed E-state index contributed by atoms with van der Waals surface area (Å²) in [5.41, 5.74) is 2.40. The van der Waals surface area contributed by atoms with Gasteiger partial charge >= 0.3 is 0 Å². The molecule has 0 radical (unpaired) electrons. The Bertz CT molecular complexity index is 1040. The third-order valence-corrected chi connectivity index (χ3v) is 9.04. The highest BCUT2D eigenvalue weighted by Crippen LogP contribution is 2.28. The molecule has 0 bridgehead atoms. The molecule has 0 spiro atoms. The molecule has 0 unspecified atom stereocenters. The summed E-state index contributed by atoms with van der Waals surface area (Å²) in [5, 5.41) is 6.76. The molecule has 2 fully saturated rings. The molecule has 8 nitrogen and oxygen atoms in total. The minimum atomic E-state index is -3.67. The van der Waals surface area contributed by atoms with Crippen molar-refractivity contribution in [3.63, 3.8) is 0 Å². The van der Waals surface area contributed by atoms with Crippen molar-refractivity contribution in [1.29, 1.82) is 0 Å². The number of aryl methyl sites for hydroxylation is 2. The van der Waals surface area contributed by atoms with Crippen LogP contribution in [0.1, 0.15) is 49.6 Å². The van der Waals surface area contributed by atoms with Crippen LogP contribution in [-0.4, -0.2) is 54.9 Å². The Morgan fingerprint density at radius 3 is 2.27 bits per heavy atom. The Hall–Kier alpha value is -2.23. The number of amides is 1. The Kier molecular flexibility index (Phi) is 7.21. The molecule has 3 heterocycles. The zero-order valence-electron chi connectivity index (χ0n) is 19.7.